The Labute approximate surface area is 103 Å². The minimum Gasteiger partial charge on any atom is -0.380 e. The molecule has 3 nitrogen and oxygen atoms in total. The van der Waals surface area contributed by atoms with Crippen LogP contribution in [0.3, 0.4) is 0 Å². The summed E-state index contributed by atoms with van der Waals surface area (Å²) in [6.07, 6.45) is 0. The van der Waals surface area contributed by atoms with Crippen LogP contribution in [0, 0.1) is 5.41 Å². The van der Waals surface area contributed by atoms with Crippen LogP contribution in [0.4, 0.5) is 0 Å². The van der Waals surface area contributed by atoms with Gasteiger partial charge < -0.3 is 16.2 Å². The first kappa shape index (κ1) is 12.6. The minimum absolute atomic E-state index is 0.0255. The smallest absolute Gasteiger partial charge is 0.0575 e. The summed E-state index contributed by atoms with van der Waals surface area (Å²) in [7, 11) is 0. The summed E-state index contributed by atoms with van der Waals surface area (Å²) in [5.74, 6) is 0.552. The Hall–Kier alpha value is -0.900. The molecule has 4 N–H and O–H groups in total. The Bertz CT molecular complexity index is 363. The fourth-order valence-electron chi connectivity index (χ4n) is 2.23. The Morgan fingerprint density at radius 3 is 2.06 bits per heavy atom. The third-order valence-corrected chi connectivity index (χ3v) is 3.81. The molecule has 1 aromatic carbocycles. The molecule has 1 heterocycles. The highest BCUT2D eigenvalue weighted by Crippen LogP contribution is 2.38. The molecular formula is C14H22N2O. The number of hydrogen-bond acceptors (Lipinski definition) is 3. The molecule has 1 fully saturated rings. The fraction of sp³-hybridized carbons (Fsp3) is 0.571. The molecule has 1 unspecified atom stereocenters. The quantitative estimate of drug-likeness (QED) is 0.835. The molecule has 17 heavy (non-hydrogen) atoms. The molecule has 1 aliphatic heterocycles. The summed E-state index contributed by atoms with van der Waals surface area (Å²) in [4.78, 5) is 0. The zero-order valence-electron chi connectivity index (χ0n) is 10.6. The molecule has 0 saturated carbocycles. The van der Waals surface area contributed by atoms with Crippen molar-refractivity contribution in [2.75, 3.05) is 19.8 Å². The standard InChI is InChI=1S/C14H22N2O/c1-10(2)11-3-5-12(6-4-11)13(16)14(7-15)8-17-9-14/h3-6,10,13H,7-9,15-16H2,1-2H3. The fourth-order valence-corrected chi connectivity index (χ4v) is 2.23. The van der Waals surface area contributed by atoms with Crippen molar-refractivity contribution in [2.45, 2.75) is 25.8 Å². The molecule has 94 valence electrons. The highest BCUT2D eigenvalue weighted by molar-refractivity contribution is 5.28. The van der Waals surface area contributed by atoms with E-state index in [1.165, 1.54) is 5.56 Å². The molecule has 3 heteroatoms. The van der Waals surface area contributed by atoms with Crippen molar-refractivity contribution >= 4 is 0 Å². The van der Waals surface area contributed by atoms with Crippen LogP contribution in [0.5, 0.6) is 0 Å². The van der Waals surface area contributed by atoms with Gasteiger partial charge in [0.25, 0.3) is 0 Å². The maximum atomic E-state index is 6.31. The van der Waals surface area contributed by atoms with Gasteiger partial charge >= 0.3 is 0 Å². The van der Waals surface area contributed by atoms with Gasteiger partial charge in [-0.25, -0.2) is 0 Å². The van der Waals surface area contributed by atoms with Crippen LogP contribution in [0.25, 0.3) is 0 Å². The molecule has 0 bridgehead atoms. The zero-order valence-corrected chi connectivity index (χ0v) is 10.6. The van der Waals surface area contributed by atoms with Crippen molar-refractivity contribution in [1.82, 2.24) is 0 Å². The molecule has 0 spiro atoms. The molecule has 1 saturated heterocycles. The normalized spacial score (nSPS) is 20.1. The molecule has 2 rings (SSSR count). The monoisotopic (exact) mass is 234 g/mol. The van der Waals surface area contributed by atoms with Crippen LogP contribution in [-0.4, -0.2) is 19.8 Å². The van der Waals surface area contributed by atoms with Crippen molar-refractivity contribution < 1.29 is 4.74 Å². The first-order valence-electron chi connectivity index (χ1n) is 6.22. The maximum absolute atomic E-state index is 6.31. The van der Waals surface area contributed by atoms with E-state index in [-0.39, 0.29) is 11.5 Å². The molecule has 0 aliphatic carbocycles. The third kappa shape index (κ3) is 2.23. The van der Waals surface area contributed by atoms with E-state index in [1.54, 1.807) is 0 Å². The summed E-state index contributed by atoms with van der Waals surface area (Å²) < 4.78 is 5.27. The average Bonchev–Trinajstić information content (AvgIpc) is 2.28. The number of nitrogens with two attached hydrogens (primary N) is 2. The number of hydrogen-bond donors (Lipinski definition) is 2. The van der Waals surface area contributed by atoms with Crippen LogP contribution in [-0.2, 0) is 4.74 Å². The number of ether oxygens (including phenoxy) is 1. The van der Waals surface area contributed by atoms with E-state index in [4.69, 9.17) is 16.2 Å². The molecule has 0 amide bonds. The summed E-state index contributed by atoms with van der Waals surface area (Å²) in [6, 6.07) is 8.53. The third-order valence-electron chi connectivity index (χ3n) is 3.81. The van der Waals surface area contributed by atoms with Gasteiger partial charge in [0.2, 0.25) is 0 Å². The van der Waals surface area contributed by atoms with Crippen LogP contribution < -0.4 is 11.5 Å². The van der Waals surface area contributed by atoms with Crippen molar-refractivity contribution in [3.8, 4) is 0 Å². The Balaban J connectivity index is 2.16. The predicted molar refractivity (Wildman–Crippen MR) is 69.8 cm³/mol. The maximum Gasteiger partial charge on any atom is 0.0575 e. The van der Waals surface area contributed by atoms with Gasteiger partial charge in [-0.2, -0.15) is 0 Å². The van der Waals surface area contributed by atoms with Crippen molar-refractivity contribution in [3.63, 3.8) is 0 Å². The van der Waals surface area contributed by atoms with E-state index in [0.717, 1.165) is 5.56 Å². The molecule has 0 radical (unpaired) electrons. The first-order chi connectivity index (χ1) is 8.09. The zero-order chi connectivity index (χ0) is 12.5. The SMILES string of the molecule is CC(C)c1ccc(C(N)C2(CN)COC2)cc1. The van der Waals surface area contributed by atoms with E-state index in [1.807, 2.05) is 0 Å². The highest BCUT2D eigenvalue weighted by Gasteiger charge is 2.43. The predicted octanol–water partition coefficient (Wildman–Crippen LogP) is 1.79. The Kier molecular flexibility index (Phi) is 3.52. The van der Waals surface area contributed by atoms with Crippen molar-refractivity contribution in [2.24, 2.45) is 16.9 Å². The van der Waals surface area contributed by atoms with Crippen molar-refractivity contribution in [3.05, 3.63) is 35.4 Å². The second-order valence-corrected chi connectivity index (χ2v) is 5.36. The van der Waals surface area contributed by atoms with Gasteiger partial charge in [-0.3, -0.25) is 0 Å². The van der Waals surface area contributed by atoms with Gasteiger partial charge in [0, 0.05) is 18.0 Å². The van der Waals surface area contributed by atoms with Gasteiger partial charge in [0.05, 0.1) is 13.2 Å². The summed E-state index contributed by atoms with van der Waals surface area (Å²) in [6.45, 7) is 6.32. The first-order valence-corrected chi connectivity index (χ1v) is 6.22. The van der Waals surface area contributed by atoms with E-state index in [9.17, 15) is 0 Å². The lowest BCUT2D eigenvalue weighted by molar-refractivity contribution is -0.121. The number of benzene rings is 1. The van der Waals surface area contributed by atoms with Crippen molar-refractivity contribution in [1.29, 1.82) is 0 Å². The largest absolute Gasteiger partial charge is 0.380 e. The topological polar surface area (TPSA) is 61.3 Å². The van der Waals surface area contributed by atoms with Crippen LogP contribution in [0.15, 0.2) is 24.3 Å². The van der Waals surface area contributed by atoms with E-state index >= 15 is 0 Å². The van der Waals surface area contributed by atoms with E-state index in [2.05, 4.69) is 38.1 Å². The molecular weight excluding hydrogens is 212 g/mol. The van der Waals surface area contributed by atoms with Crippen LogP contribution in [0.1, 0.15) is 36.9 Å². The van der Waals surface area contributed by atoms with E-state index < -0.39 is 0 Å². The van der Waals surface area contributed by atoms with E-state index in [0.29, 0.717) is 25.7 Å². The second-order valence-electron chi connectivity index (χ2n) is 5.36. The molecule has 1 aromatic rings. The van der Waals surface area contributed by atoms with Gasteiger partial charge in [0.1, 0.15) is 0 Å². The molecule has 1 atom stereocenters. The summed E-state index contributed by atoms with van der Waals surface area (Å²) in [5.41, 5.74) is 14.6. The lowest BCUT2D eigenvalue weighted by Gasteiger charge is -2.45. The Morgan fingerprint density at radius 1 is 1.18 bits per heavy atom. The Morgan fingerprint density at radius 2 is 1.71 bits per heavy atom. The number of rotatable bonds is 4. The second kappa shape index (κ2) is 4.77. The van der Waals surface area contributed by atoms with Gasteiger partial charge in [-0.1, -0.05) is 38.1 Å². The highest BCUT2D eigenvalue weighted by atomic mass is 16.5. The average molecular weight is 234 g/mol. The van der Waals surface area contributed by atoms with Crippen LogP contribution in [0.2, 0.25) is 0 Å². The van der Waals surface area contributed by atoms with Gasteiger partial charge in [-0.15, -0.1) is 0 Å². The summed E-state index contributed by atoms with van der Waals surface area (Å²) >= 11 is 0. The lowest BCUT2D eigenvalue weighted by atomic mass is 9.75. The van der Waals surface area contributed by atoms with Crippen LogP contribution >= 0.6 is 0 Å². The van der Waals surface area contributed by atoms with Gasteiger partial charge in [-0.05, 0) is 17.0 Å². The molecule has 1 aliphatic rings. The van der Waals surface area contributed by atoms with Gasteiger partial charge in [0.15, 0.2) is 0 Å². The lowest BCUT2D eigenvalue weighted by Crippen LogP contribution is -2.54. The molecule has 0 aromatic heterocycles. The minimum atomic E-state index is -0.0562. The summed E-state index contributed by atoms with van der Waals surface area (Å²) in [5, 5.41) is 0.